The third-order valence-corrected chi connectivity index (χ3v) is 6.99. The van der Waals surface area contributed by atoms with Gasteiger partial charge in [-0.25, -0.2) is 17.8 Å². The molecule has 0 spiro atoms. The van der Waals surface area contributed by atoms with E-state index in [1.807, 2.05) is 73.1 Å². The molecule has 0 fully saturated rings. The zero-order chi connectivity index (χ0) is 23.0. The van der Waals surface area contributed by atoms with E-state index in [9.17, 15) is 13.2 Å². The lowest BCUT2D eigenvalue weighted by atomic mass is 10.1. The molecule has 1 atom stereocenters. The van der Waals surface area contributed by atoms with Gasteiger partial charge in [-0.3, -0.25) is 4.79 Å². The first-order valence-corrected chi connectivity index (χ1v) is 13.4. The molecule has 7 nitrogen and oxygen atoms in total. The molecule has 0 aliphatic carbocycles. The lowest BCUT2D eigenvalue weighted by Crippen LogP contribution is -2.47. The van der Waals surface area contributed by atoms with Crippen LogP contribution in [0.4, 0.5) is 0 Å². The molecule has 0 radical (unpaired) electrons. The van der Waals surface area contributed by atoms with Gasteiger partial charge in [0.2, 0.25) is 15.9 Å². The molecule has 0 aliphatic rings. The van der Waals surface area contributed by atoms with Crippen molar-refractivity contribution in [1.29, 1.82) is 0 Å². The van der Waals surface area contributed by atoms with Crippen LogP contribution in [0.25, 0.3) is 16.9 Å². The number of hydrogen-bond acceptors (Lipinski definition) is 5. The van der Waals surface area contributed by atoms with Gasteiger partial charge < -0.3 is 5.32 Å². The number of amides is 1. The number of sulfonamides is 1. The van der Waals surface area contributed by atoms with Crippen LogP contribution in [0.1, 0.15) is 18.9 Å². The summed E-state index contributed by atoms with van der Waals surface area (Å²) >= 11 is 1.57. The number of nitrogens with one attached hydrogen (secondary N) is 2. The molecule has 3 rings (SSSR count). The summed E-state index contributed by atoms with van der Waals surface area (Å²) in [5, 5.41) is 7.65. The highest BCUT2D eigenvalue weighted by Gasteiger charge is 2.23. The summed E-state index contributed by atoms with van der Waals surface area (Å²) < 4.78 is 28.4. The van der Waals surface area contributed by atoms with Crippen LogP contribution in [-0.2, 0) is 21.4 Å². The number of thioether (sulfide) groups is 1. The van der Waals surface area contributed by atoms with E-state index >= 15 is 0 Å². The van der Waals surface area contributed by atoms with Crippen molar-refractivity contribution in [3.63, 3.8) is 0 Å². The van der Waals surface area contributed by atoms with E-state index < -0.39 is 16.1 Å². The van der Waals surface area contributed by atoms with Gasteiger partial charge in [0.1, 0.15) is 6.04 Å². The first-order valence-electron chi connectivity index (χ1n) is 10.4. The van der Waals surface area contributed by atoms with E-state index in [4.69, 9.17) is 5.10 Å². The molecule has 3 aromatic rings. The number of carbonyl (C=O) groups excluding carboxylic acids is 1. The number of nitrogens with zero attached hydrogens (tertiary/aromatic N) is 2. The molecule has 0 saturated heterocycles. The third kappa shape index (κ3) is 6.44. The topological polar surface area (TPSA) is 93.1 Å². The van der Waals surface area contributed by atoms with Gasteiger partial charge in [0.15, 0.2) is 0 Å². The molecule has 9 heteroatoms. The third-order valence-electron chi connectivity index (χ3n) is 4.94. The van der Waals surface area contributed by atoms with Crippen LogP contribution >= 0.6 is 11.8 Å². The predicted octanol–water partition coefficient (Wildman–Crippen LogP) is 3.22. The van der Waals surface area contributed by atoms with Gasteiger partial charge in [0.05, 0.1) is 17.1 Å². The SMILES string of the molecule is CCS(=O)(=O)NC(CCSC)C(=O)NCc1cn(-c2ccccc2)nc1-c1ccccc1. The molecule has 32 heavy (non-hydrogen) atoms. The summed E-state index contributed by atoms with van der Waals surface area (Å²) in [6, 6.07) is 18.7. The zero-order valence-electron chi connectivity index (χ0n) is 18.2. The van der Waals surface area contributed by atoms with E-state index in [1.54, 1.807) is 23.4 Å². The van der Waals surface area contributed by atoms with Gasteiger partial charge in [0, 0.05) is 23.9 Å². The Labute approximate surface area is 193 Å². The molecular weight excluding hydrogens is 444 g/mol. The van der Waals surface area contributed by atoms with Crippen molar-refractivity contribution in [2.24, 2.45) is 0 Å². The number of para-hydroxylation sites is 1. The Kier molecular flexibility index (Phi) is 8.49. The number of aromatic nitrogens is 2. The van der Waals surface area contributed by atoms with Gasteiger partial charge in [0.25, 0.3) is 0 Å². The maximum atomic E-state index is 12.9. The molecule has 1 amide bonds. The maximum absolute atomic E-state index is 12.9. The molecule has 0 bridgehead atoms. The van der Waals surface area contributed by atoms with E-state index in [1.165, 1.54) is 0 Å². The van der Waals surface area contributed by atoms with Crippen LogP contribution in [0.3, 0.4) is 0 Å². The normalized spacial score (nSPS) is 12.4. The van der Waals surface area contributed by atoms with Crippen molar-refractivity contribution in [2.45, 2.75) is 25.9 Å². The molecule has 1 heterocycles. The van der Waals surface area contributed by atoms with Crippen molar-refractivity contribution in [2.75, 3.05) is 17.8 Å². The van der Waals surface area contributed by atoms with Crippen molar-refractivity contribution in [1.82, 2.24) is 19.8 Å². The molecule has 2 aromatic carbocycles. The first-order chi connectivity index (χ1) is 15.4. The Morgan fingerprint density at radius 2 is 1.75 bits per heavy atom. The fraction of sp³-hybridized carbons (Fsp3) is 0.304. The van der Waals surface area contributed by atoms with E-state index in [0.29, 0.717) is 12.2 Å². The average Bonchev–Trinajstić information content (AvgIpc) is 3.25. The Morgan fingerprint density at radius 3 is 2.38 bits per heavy atom. The number of carbonyl (C=O) groups is 1. The average molecular weight is 473 g/mol. The zero-order valence-corrected chi connectivity index (χ0v) is 19.8. The second-order valence-corrected chi connectivity index (χ2v) is 10.3. The van der Waals surface area contributed by atoms with Crippen LogP contribution < -0.4 is 10.0 Å². The van der Waals surface area contributed by atoms with Crippen LogP contribution in [0.5, 0.6) is 0 Å². The smallest absolute Gasteiger partial charge is 0.238 e. The summed E-state index contributed by atoms with van der Waals surface area (Å²) in [5.41, 5.74) is 3.47. The van der Waals surface area contributed by atoms with E-state index in [0.717, 1.165) is 22.5 Å². The minimum Gasteiger partial charge on any atom is -0.350 e. The second-order valence-electron chi connectivity index (χ2n) is 7.22. The lowest BCUT2D eigenvalue weighted by molar-refractivity contribution is -0.122. The van der Waals surface area contributed by atoms with Gasteiger partial charge in [-0.15, -0.1) is 0 Å². The monoisotopic (exact) mass is 472 g/mol. The summed E-state index contributed by atoms with van der Waals surface area (Å²) in [6.45, 7) is 1.79. The number of benzene rings is 2. The van der Waals surface area contributed by atoms with Crippen LogP contribution in [0.2, 0.25) is 0 Å². The van der Waals surface area contributed by atoms with Crippen LogP contribution in [0.15, 0.2) is 66.9 Å². The van der Waals surface area contributed by atoms with Crippen molar-refractivity contribution >= 4 is 27.7 Å². The van der Waals surface area contributed by atoms with Gasteiger partial charge >= 0.3 is 0 Å². The molecule has 2 N–H and O–H groups in total. The van der Waals surface area contributed by atoms with Gasteiger partial charge in [-0.2, -0.15) is 16.9 Å². The van der Waals surface area contributed by atoms with Crippen molar-refractivity contribution < 1.29 is 13.2 Å². The summed E-state index contributed by atoms with van der Waals surface area (Å²) in [4.78, 5) is 12.9. The Morgan fingerprint density at radius 1 is 1.09 bits per heavy atom. The highest BCUT2D eigenvalue weighted by Crippen LogP contribution is 2.23. The largest absolute Gasteiger partial charge is 0.350 e. The molecule has 0 aliphatic heterocycles. The maximum Gasteiger partial charge on any atom is 0.238 e. The lowest BCUT2D eigenvalue weighted by Gasteiger charge is -2.17. The van der Waals surface area contributed by atoms with E-state index in [2.05, 4.69) is 10.0 Å². The fourth-order valence-electron chi connectivity index (χ4n) is 3.18. The Balaban J connectivity index is 1.83. The van der Waals surface area contributed by atoms with Gasteiger partial charge in [-0.1, -0.05) is 48.5 Å². The van der Waals surface area contributed by atoms with Crippen molar-refractivity contribution in [3.8, 4) is 16.9 Å². The predicted molar refractivity (Wildman–Crippen MR) is 130 cm³/mol. The first kappa shape index (κ1) is 24.0. The Hall–Kier alpha value is -2.62. The van der Waals surface area contributed by atoms with E-state index in [-0.39, 0.29) is 18.2 Å². The number of rotatable bonds is 11. The quantitative estimate of drug-likeness (QED) is 0.447. The summed E-state index contributed by atoms with van der Waals surface area (Å²) in [5.74, 6) is 0.256. The molecule has 170 valence electrons. The highest BCUT2D eigenvalue weighted by atomic mass is 32.2. The summed E-state index contributed by atoms with van der Waals surface area (Å²) in [7, 11) is -3.50. The second kappa shape index (κ2) is 11.3. The van der Waals surface area contributed by atoms with Crippen LogP contribution in [0, 0.1) is 0 Å². The Bertz CT molecular complexity index is 1120. The van der Waals surface area contributed by atoms with Crippen molar-refractivity contribution in [3.05, 3.63) is 72.4 Å². The molecule has 1 aromatic heterocycles. The van der Waals surface area contributed by atoms with Gasteiger partial charge in [-0.05, 0) is 37.5 Å². The van der Waals surface area contributed by atoms with Crippen LogP contribution in [-0.4, -0.2) is 47.9 Å². The molecule has 1 unspecified atom stereocenters. The fourth-order valence-corrected chi connectivity index (χ4v) is 4.47. The standard InChI is InChI=1S/C23H28N4O3S2/c1-3-32(29,30)26-21(14-15-31-2)23(28)24-16-19-17-27(20-12-8-5-9-13-20)25-22(19)18-10-6-4-7-11-18/h4-13,17,21,26H,3,14-16H2,1-2H3,(H,24,28). The number of hydrogen-bond donors (Lipinski definition) is 2. The molecular formula is C23H28N4O3S2. The minimum absolute atomic E-state index is 0.0714. The minimum atomic E-state index is -3.50. The molecule has 0 saturated carbocycles. The highest BCUT2D eigenvalue weighted by molar-refractivity contribution is 7.98. The summed E-state index contributed by atoms with van der Waals surface area (Å²) in [6.07, 6.45) is 4.24.